The first-order valence-corrected chi connectivity index (χ1v) is 14.0. The molecule has 0 aliphatic heterocycles. The van der Waals surface area contributed by atoms with Gasteiger partial charge in [0.15, 0.2) is 0 Å². The van der Waals surface area contributed by atoms with E-state index in [2.05, 4.69) is 54.5 Å². The Kier molecular flexibility index (Phi) is 6.73. The standard InChI is InChI=1S/C31H50O2/c1-20(2)10-9-11-21(3)24-13-14-25-23-12-15-27-29(5,6)28(33-22(4)32)17-19-31(27,8)26(23)16-18-30(24,25)7/h14,20-21,24,27-28H,9-13,15-19H2,1-8H3/t21-,24-,27?,28?,30-,31-/m1/s1. The molecule has 0 radical (unpaired) electrons. The van der Waals surface area contributed by atoms with Gasteiger partial charge < -0.3 is 4.74 Å². The molecule has 2 heteroatoms. The molecule has 33 heavy (non-hydrogen) atoms. The Hall–Kier alpha value is -1.05. The van der Waals surface area contributed by atoms with Crippen LogP contribution in [0.1, 0.15) is 120 Å². The molecule has 4 aliphatic rings. The fourth-order valence-electron chi connectivity index (χ4n) is 9.02. The lowest BCUT2D eigenvalue weighted by atomic mass is 9.46. The first-order chi connectivity index (χ1) is 15.4. The van der Waals surface area contributed by atoms with Crippen LogP contribution in [-0.4, -0.2) is 12.1 Å². The van der Waals surface area contributed by atoms with Gasteiger partial charge in [-0.1, -0.05) is 79.4 Å². The van der Waals surface area contributed by atoms with Gasteiger partial charge in [0.2, 0.25) is 0 Å². The van der Waals surface area contributed by atoms with Gasteiger partial charge in [-0.15, -0.1) is 0 Å². The van der Waals surface area contributed by atoms with Crippen molar-refractivity contribution in [1.82, 2.24) is 0 Å². The lowest BCUT2D eigenvalue weighted by Crippen LogP contribution is -2.54. The van der Waals surface area contributed by atoms with Crippen LogP contribution in [0.5, 0.6) is 0 Å². The van der Waals surface area contributed by atoms with Crippen LogP contribution in [0.3, 0.4) is 0 Å². The Morgan fingerprint density at radius 1 is 1.03 bits per heavy atom. The minimum Gasteiger partial charge on any atom is -0.462 e. The average Bonchev–Trinajstić information content (AvgIpc) is 3.07. The fraction of sp³-hybridized carbons (Fsp3) is 0.839. The average molecular weight is 455 g/mol. The van der Waals surface area contributed by atoms with E-state index < -0.39 is 0 Å². The predicted octanol–water partition coefficient (Wildman–Crippen LogP) is 8.66. The molecule has 6 atom stereocenters. The van der Waals surface area contributed by atoms with Gasteiger partial charge in [0, 0.05) is 12.3 Å². The number of esters is 1. The van der Waals surface area contributed by atoms with Crippen molar-refractivity contribution >= 4 is 5.97 Å². The van der Waals surface area contributed by atoms with E-state index in [1.54, 1.807) is 23.6 Å². The van der Waals surface area contributed by atoms with Crippen LogP contribution in [0.2, 0.25) is 0 Å². The van der Waals surface area contributed by atoms with Gasteiger partial charge in [0.1, 0.15) is 6.10 Å². The lowest BCUT2D eigenvalue weighted by Gasteiger charge is -2.59. The van der Waals surface area contributed by atoms with Crippen molar-refractivity contribution in [2.45, 2.75) is 126 Å². The van der Waals surface area contributed by atoms with Crippen LogP contribution in [-0.2, 0) is 9.53 Å². The minimum atomic E-state index is -0.120. The lowest BCUT2D eigenvalue weighted by molar-refractivity contribution is -0.166. The second-order valence-electron chi connectivity index (χ2n) is 13.6. The van der Waals surface area contributed by atoms with Crippen LogP contribution in [0, 0.1) is 39.9 Å². The third kappa shape index (κ3) is 4.16. The van der Waals surface area contributed by atoms with E-state index in [4.69, 9.17) is 4.74 Å². The zero-order chi connectivity index (χ0) is 24.2. The Bertz CT molecular complexity index is 830. The molecule has 0 aromatic rings. The second-order valence-corrected chi connectivity index (χ2v) is 13.6. The van der Waals surface area contributed by atoms with Crippen LogP contribution in [0.25, 0.3) is 0 Å². The number of hydrogen-bond acceptors (Lipinski definition) is 2. The second kappa shape index (κ2) is 8.87. The minimum absolute atomic E-state index is 0.0372. The normalized spacial score (nSPS) is 38.3. The molecule has 0 aromatic carbocycles. The van der Waals surface area contributed by atoms with E-state index in [0.717, 1.165) is 30.6 Å². The van der Waals surface area contributed by atoms with Crippen molar-refractivity contribution in [2.75, 3.05) is 0 Å². The predicted molar refractivity (Wildman–Crippen MR) is 138 cm³/mol. The molecule has 0 bridgehead atoms. The van der Waals surface area contributed by atoms with Gasteiger partial charge in [-0.05, 0) is 90.6 Å². The van der Waals surface area contributed by atoms with Crippen LogP contribution in [0.15, 0.2) is 22.8 Å². The topological polar surface area (TPSA) is 26.3 Å². The molecule has 0 spiro atoms. The Morgan fingerprint density at radius 2 is 1.76 bits per heavy atom. The molecule has 0 heterocycles. The van der Waals surface area contributed by atoms with Crippen LogP contribution >= 0.6 is 0 Å². The molecule has 0 N–H and O–H groups in total. The maximum absolute atomic E-state index is 11.8. The van der Waals surface area contributed by atoms with E-state index in [1.165, 1.54) is 51.4 Å². The highest BCUT2D eigenvalue weighted by Crippen LogP contribution is 2.67. The number of rotatable bonds is 6. The highest BCUT2D eigenvalue weighted by Gasteiger charge is 2.58. The Labute approximate surface area is 204 Å². The monoisotopic (exact) mass is 454 g/mol. The zero-order valence-corrected chi connectivity index (χ0v) is 22.9. The van der Waals surface area contributed by atoms with Gasteiger partial charge in [-0.25, -0.2) is 0 Å². The van der Waals surface area contributed by atoms with Crippen molar-refractivity contribution in [2.24, 2.45) is 39.9 Å². The summed E-state index contributed by atoms with van der Waals surface area (Å²) in [6.45, 7) is 18.7. The molecule has 2 unspecified atom stereocenters. The Morgan fingerprint density at radius 3 is 2.42 bits per heavy atom. The maximum Gasteiger partial charge on any atom is 0.302 e. The number of carbonyl (C=O) groups excluding carboxylic acids is 1. The van der Waals surface area contributed by atoms with Gasteiger partial charge >= 0.3 is 5.97 Å². The largest absolute Gasteiger partial charge is 0.462 e. The van der Waals surface area contributed by atoms with Gasteiger partial charge in [0.25, 0.3) is 0 Å². The zero-order valence-electron chi connectivity index (χ0n) is 22.9. The Balaban J connectivity index is 1.57. The third-order valence-corrected chi connectivity index (χ3v) is 10.8. The van der Waals surface area contributed by atoms with E-state index >= 15 is 0 Å². The molecule has 4 rings (SSSR count). The summed E-state index contributed by atoms with van der Waals surface area (Å²) in [6.07, 6.45) is 15.4. The van der Waals surface area contributed by atoms with Crippen molar-refractivity contribution in [3.05, 3.63) is 22.8 Å². The summed E-state index contributed by atoms with van der Waals surface area (Å²) in [5.41, 5.74) is 5.95. The number of ether oxygens (including phenoxy) is 1. The summed E-state index contributed by atoms with van der Waals surface area (Å²) in [7, 11) is 0. The van der Waals surface area contributed by atoms with Crippen molar-refractivity contribution < 1.29 is 9.53 Å². The molecule has 0 saturated heterocycles. The highest BCUT2D eigenvalue weighted by molar-refractivity contribution is 5.66. The van der Waals surface area contributed by atoms with Gasteiger partial charge in [-0.2, -0.15) is 0 Å². The summed E-state index contributed by atoms with van der Waals surface area (Å²) in [5, 5.41) is 0. The first kappa shape index (κ1) is 25.1. The van der Waals surface area contributed by atoms with E-state index in [-0.39, 0.29) is 22.9 Å². The summed E-state index contributed by atoms with van der Waals surface area (Å²) >= 11 is 0. The summed E-state index contributed by atoms with van der Waals surface area (Å²) in [6, 6.07) is 0. The molecular weight excluding hydrogens is 404 g/mol. The molecule has 0 amide bonds. The number of allylic oxidation sites excluding steroid dienone is 4. The fourth-order valence-corrected chi connectivity index (χ4v) is 9.02. The quantitative estimate of drug-likeness (QED) is 0.375. The molecular formula is C31H50O2. The number of carbonyl (C=O) groups is 1. The molecule has 0 aromatic heterocycles. The molecule has 186 valence electrons. The van der Waals surface area contributed by atoms with Crippen molar-refractivity contribution in [3.63, 3.8) is 0 Å². The molecule has 1 fully saturated rings. The van der Waals surface area contributed by atoms with Gasteiger partial charge in [0.05, 0.1) is 0 Å². The molecule has 2 nitrogen and oxygen atoms in total. The number of fused-ring (bicyclic) bond motifs is 4. The summed E-state index contributed by atoms with van der Waals surface area (Å²) in [5.74, 6) is 2.93. The maximum atomic E-state index is 11.8. The molecule has 4 aliphatic carbocycles. The summed E-state index contributed by atoms with van der Waals surface area (Å²) in [4.78, 5) is 11.8. The summed E-state index contributed by atoms with van der Waals surface area (Å²) < 4.78 is 5.84. The molecule has 1 saturated carbocycles. The third-order valence-electron chi connectivity index (χ3n) is 10.8. The number of hydrogen-bond donors (Lipinski definition) is 0. The van der Waals surface area contributed by atoms with Gasteiger partial charge in [-0.3, -0.25) is 4.79 Å². The van der Waals surface area contributed by atoms with Crippen molar-refractivity contribution in [1.29, 1.82) is 0 Å². The first-order valence-electron chi connectivity index (χ1n) is 14.0. The van der Waals surface area contributed by atoms with Crippen LogP contribution in [0.4, 0.5) is 0 Å². The van der Waals surface area contributed by atoms with E-state index in [0.29, 0.717) is 11.3 Å². The highest BCUT2D eigenvalue weighted by atomic mass is 16.5. The van der Waals surface area contributed by atoms with E-state index in [1.807, 2.05) is 0 Å². The van der Waals surface area contributed by atoms with Crippen LogP contribution < -0.4 is 0 Å². The van der Waals surface area contributed by atoms with E-state index in [9.17, 15) is 4.79 Å². The smallest absolute Gasteiger partial charge is 0.302 e. The van der Waals surface area contributed by atoms with Crippen molar-refractivity contribution in [3.8, 4) is 0 Å². The SMILES string of the molecule is CC(=O)OC1CC[C@]2(C)C3=C(CCC2C1(C)C)C1=CC[C@H]([C@H](C)CCCC(C)C)[C@@]1(C)CC3.